The molecule has 0 amide bonds. The molecule has 0 fully saturated rings. The third-order valence-electron chi connectivity index (χ3n) is 2.64. The average molecular weight is 364 g/mol. The van der Waals surface area contributed by atoms with E-state index in [1.165, 1.54) is 0 Å². The van der Waals surface area contributed by atoms with Crippen LogP contribution in [0.1, 0.15) is 13.8 Å². The number of fused-ring (bicyclic) bond motifs is 1. The quantitative estimate of drug-likeness (QED) is 0.828. The summed E-state index contributed by atoms with van der Waals surface area (Å²) in [5, 5.41) is 0.713. The lowest BCUT2D eigenvalue weighted by atomic mass is 9.98. The number of nitrogens with one attached hydrogen (secondary N) is 1. The molecule has 0 radical (unpaired) electrons. The second kappa shape index (κ2) is 5.43. The fourth-order valence-electron chi connectivity index (χ4n) is 1.41. The van der Waals surface area contributed by atoms with E-state index in [4.69, 9.17) is 0 Å². The summed E-state index contributed by atoms with van der Waals surface area (Å²) in [6, 6.07) is 4.97. The number of hydrogen-bond donors (Lipinski definition) is 1. The molecule has 1 N–H and O–H groups in total. The second-order valence-corrected chi connectivity index (χ2v) is 7.84. The molecule has 2 rings (SSSR count). The van der Waals surface area contributed by atoms with E-state index in [-0.39, 0.29) is 10.3 Å². The van der Waals surface area contributed by atoms with Crippen molar-refractivity contribution in [2.75, 3.05) is 11.9 Å². The van der Waals surface area contributed by atoms with Crippen LogP contribution in [0.3, 0.4) is 0 Å². The summed E-state index contributed by atoms with van der Waals surface area (Å²) in [6.45, 7) is 4.32. The monoisotopic (exact) mass is 363 g/mol. The molecule has 0 atom stereocenters. The van der Waals surface area contributed by atoms with Crippen LogP contribution in [0, 0.1) is 5.41 Å². The van der Waals surface area contributed by atoms with Gasteiger partial charge in [-0.15, -0.1) is 0 Å². The predicted molar refractivity (Wildman–Crippen MR) is 80.7 cm³/mol. The summed E-state index contributed by atoms with van der Waals surface area (Å²) in [7, 11) is -3.57. The van der Waals surface area contributed by atoms with E-state index in [1.807, 2.05) is 13.8 Å². The molecule has 8 heteroatoms. The maximum atomic E-state index is 12.3. The Balaban J connectivity index is 2.27. The molecule has 0 saturated heterocycles. The molecular weight excluding hydrogens is 350 g/mol. The van der Waals surface area contributed by atoms with Crippen molar-refractivity contribution < 1.29 is 8.42 Å². The Hall–Kier alpha value is -0.570. The number of halogens is 1. The van der Waals surface area contributed by atoms with E-state index in [2.05, 4.69) is 29.4 Å². The molecule has 0 saturated carbocycles. The molecule has 1 aliphatic rings. The van der Waals surface area contributed by atoms with E-state index in [9.17, 15) is 8.42 Å². The molecule has 0 aromatic heterocycles. The highest BCUT2D eigenvalue weighted by Crippen LogP contribution is 2.37. The van der Waals surface area contributed by atoms with Crippen LogP contribution in [0.4, 0.5) is 11.4 Å². The lowest BCUT2D eigenvalue weighted by molar-refractivity contribution is 0.420. The number of rotatable bonds is 5. The Kier molecular flexibility index (Phi) is 4.24. The molecule has 0 spiro atoms. The topological polar surface area (TPSA) is 70.9 Å². The normalized spacial score (nSPS) is 14.3. The van der Waals surface area contributed by atoms with Gasteiger partial charge >= 0.3 is 0 Å². The average Bonchev–Trinajstić information content (AvgIpc) is 2.84. The van der Waals surface area contributed by atoms with Gasteiger partial charge in [-0.1, -0.05) is 35.8 Å². The molecule has 1 aliphatic heterocycles. The molecule has 104 valence electrons. The Bertz CT molecular complexity index is 665. The third-order valence-corrected chi connectivity index (χ3v) is 6.13. The lowest BCUT2D eigenvalue weighted by Gasteiger charge is -2.22. The minimum absolute atomic E-state index is 0.151. The molecule has 1 aromatic carbocycles. The zero-order valence-corrected chi connectivity index (χ0v) is 13.8. The van der Waals surface area contributed by atoms with Crippen molar-refractivity contribution in [1.82, 2.24) is 4.72 Å². The minimum Gasteiger partial charge on any atom is -0.211 e. The van der Waals surface area contributed by atoms with Crippen LogP contribution in [-0.4, -0.2) is 20.3 Å². The largest absolute Gasteiger partial charge is 0.242 e. The van der Waals surface area contributed by atoms with Gasteiger partial charge in [0.1, 0.15) is 16.3 Å². The molecule has 1 heterocycles. The van der Waals surface area contributed by atoms with Crippen LogP contribution in [-0.2, 0) is 21.4 Å². The Morgan fingerprint density at radius 2 is 2.11 bits per heavy atom. The third kappa shape index (κ3) is 3.31. The van der Waals surface area contributed by atoms with Crippen molar-refractivity contribution in [2.45, 2.75) is 18.7 Å². The first-order chi connectivity index (χ1) is 8.86. The van der Waals surface area contributed by atoms with E-state index in [1.54, 1.807) is 18.2 Å². The van der Waals surface area contributed by atoms with Gasteiger partial charge in [0.15, 0.2) is 0 Å². The summed E-state index contributed by atoms with van der Waals surface area (Å²) < 4.78 is 35.4. The Labute approximate surface area is 124 Å². The standard InChI is InChI=1S/C11H14BrN3O2S2/c1-11(2,6-12)7-13-19(16,17)9-5-3-4-8-10(9)15-18-14-8/h3-5,13H,6-7H2,1-2H3. The first kappa shape index (κ1) is 14.8. The van der Waals surface area contributed by atoms with Gasteiger partial charge in [-0.25, -0.2) is 13.1 Å². The second-order valence-electron chi connectivity index (χ2n) is 5.01. The molecule has 19 heavy (non-hydrogen) atoms. The highest BCUT2D eigenvalue weighted by atomic mass is 79.9. The number of benzene rings is 1. The van der Waals surface area contributed by atoms with Crippen LogP contribution in [0.5, 0.6) is 0 Å². The van der Waals surface area contributed by atoms with E-state index < -0.39 is 10.0 Å². The zero-order chi connectivity index (χ0) is 14.1. The molecule has 0 bridgehead atoms. The van der Waals surface area contributed by atoms with Crippen LogP contribution in [0.15, 0.2) is 31.8 Å². The van der Waals surface area contributed by atoms with Gasteiger partial charge in [-0.3, -0.25) is 0 Å². The highest BCUT2D eigenvalue weighted by molar-refractivity contribution is 9.09. The van der Waals surface area contributed by atoms with E-state index >= 15 is 0 Å². The Morgan fingerprint density at radius 3 is 2.79 bits per heavy atom. The van der Waals surface area contributed by atoms with Crippen molar-refractivity contribution in [2.24, 2.45) is 14.1 Å². The van der Waals surface area contributed by atoms with E-state index in [0.29, 0.717) is 23.2 Å². The zero-order valence-electron chi connectivity index (χ0n) is 10.6. The van der Waals surface area contributed by atoms with Crippen LogP contribution in [0.2, 0.25) is 0 Å². The van der Waals surface area contributed by atoms with Crippen LogP contribution >= 0.6 is 15.9 Å². The molecule has 1 aromatic rings. The van der Waals surface area contributed by atoms with Crippen molar-refractivity contribution in [3.05, 3.63) is 18.2 Å². The summed E-state index contributed by atoms with van der Waals surface area (Å²) in [5.41, 5.74) is 0.880. The minimum atomic E-state index is -3.57. The van der Waals surface area contributed by atoms with Crippen LogP contribution in [0.25, 0.3) is 0 Å². The van der Waals surface area contributed by atoms with Crippen molar-refractivity contribution >= 4 is 48.7 Å². The maximum absolute atomic E-state index is 12.3. The summed E-state index contributed by atoms with van der Waals surface area (Å²) >= 11 is 4.38. The molecule has 0 aliphatic carbocycles. The van der Waals surface area contributed by atoms with Gasteiger partial charge in [0, 0.05) is 11.9 Å². The predicted octanol–water partition coefficient (Wildman–Crippen LogP) is 3.11. The fraction of sp³-hybridized carbons (Fsp3) is 0.455. The SMILES string of the molecule is CC(C)(CBr)CNS(=O)(=O)c1cccc2c1N=S=N2. The van der Waals surface area contributed by atoms with Gasteiger partial charge in [0.2, 0.25) is 10.0 Å². The number of alkyl halides is 1. The fourth-order valence-corrected chi connectivity index (χ4v) is 3.62. The summed E-state index contributed by atoms with van der Waals surface area (Å²) in [6.07, 6.45) is 0. The van der Waals surface area contributed by atoms with Crippen molar-refractivity contribution in [3.63, 3.8) is 0 Å². The van der Waals surface area contributed by atoms with Gasteiger partial charge in [-0.05, 0) is 17.5 Å². The van der Waals surface area contributed by atoms with Gasteiger partial charge < -0.3 is 0 Å². The van der Waals surface area contributed by atoms with Crippen LogP contribution < -0.4 is 4.72 Å². The summed E-state index contributed by atoms with van der Waals surface area (Å²) in [4.78, 5) is 0.184. The molecule has 5 nitrogen and oxygen atoms in total. The van der Waals surface area contributed by atoms with Crippen molar-refractivity contribution in [1.29, 1.82) is 0 Å². The summed E-state index contributed by atoms with van der Waals surface area (Å²) in [5.74, 6) is 0. The molecule has 0 unspecified atom stereocenters. The first-order valence-corrected chi connectivity index (χ1v) is 8.96. The van der Waals surface area contributed by atoms with E-state index in [0.717, 1.165) is 11.4 Å². The number of hydrogen-bond acceptors (Lipinski definition) is 4. The lowest BCUT2D eigenvalue weighted by Crippen LogP contribution is -2.34. The smallest absolute Gasteiger partial charge is 0.211 e. The maximum Gasteiger partial charge on any atom is 0.242 e. The first-order valence-electron chi connectivity index (χ1n) is 5.63. The van der Waals surface area contributed by atoms with Crippen molar-refractivity contribution in [3.8, 4) is 0 Å². The Morgan fingerprint density at radius 1 is 1.37 bits per heavy atom. The number of sulfonamides is 1. The molecular formula is C11H14BrN3O2S2. The number of nitrogens with zero attached hydrogens (tertiary/aromatic N) is 2. The van der Waals surface area contributed by atoms with Gasteiger partial charge in [-0.2, -0.15) is 8.73 Å². The highest BCUT2D eigenvalue weighted by Gasteiger charge is 2.25. The van der Waals surface area contributed by atoms with Gasteiger partial charge in [0.25, 0.3) is 0 Å². The van der Waals surface area contributed by atoms with Gasteiger partial charge in [0.05, 0.1) is 11.4 Å².